The zero-order valence-corrected chi connectivity index (χ0v) is 11.8. The summed E-state index contributed by atoms with van der Waals surface area (Å²) < 4.78 is 0. The van der Waals surface area contributed by atoms with Crippen molar-refractivity contribution in [3.8, 4) is 0 Å². The van der Waals surface area contributed by atoms with Gasteiger partial charge in [0, 0.05) is 34.4 Å². The second-order valence-corrected chi connectivity index (χ2v) is 4.71. The van der Waals surface area contributed by atoms with Crippen LogP contribution in [0.2, 0.25) is 0 Å². The molecule has 0 amide bonds. The number of fused-ring (bicyclic) bond motifs is 1. The first kappa shape index (κ1) is 13.7. The monoisotopic (exact) mass is 295 g/mol. The second-order valence-electron chi connectivity index (χ2n) is 4.71. The van der Waals surface area contributed by atoms with Gasteiger partial charge in [0.1, 0.15) is 0 Å². The molecule has 0 radical (unpaired) electrons. The summed E-state index contributed by atoms with van der Waals surface area (Å²) in [6.45, 7) is 1.95. The van der Waals surface area contributed by atoms with Crippen molar-refractivity contribution in [1.82, 2.24) is 9.97 Å². The van der Waals surface area contributed by atoms with E-state index >= 15 is 0 Å². The molecule has 0 saturated heterocycles. The lowest BCUT2D eigenvalue weighted by Crippen LogP contribution is -1.99. The molecule has 0 spiro atoms. The molecule has 0 atom stereocenters. The summed E-state index contributed by atoms with van der Waals surface area (Å²) in [4.78, 5) is 17.6. The van der Waals surface area contributed by atoms with E-state index in [0.29, 0.717) is 0 Å². The Morgan fingerprint density at radius 1 is 1.32 bits per heavy atom. The van der Waals surface area contributed by atoms with Gasteiger partial charge >= 0.3 is 5.69 Å². The summed E-state index contributed by atoms with van der Waals surface area (Å²) in [5.41, 5.74) is 5.44. The van der Waals surface area contributed by atoms with Gasteiger partial charge in [-0.2, -0.15) is 5.10 Å². The number of benzene rings is 1. The smallest absolute Gasteiger partial charge is 0.313 e. The van der Waals surface area contributed by atoms with Gasteiger partial charge < -0.3 is 4.98 Å². The van der Waals surface area contributed by atoms with Crippen LogP contribution in [0.4, 0.5) is 11.5 Å². The Morgan fingerprint density at radius 3 is 2.95 bits per heavy atom. The molecule has 0 bridgehead atoms. The quantitative estimate of drug-likeness (QED) is 0.439. The Balaban J connectivity index is 1.89. The molecular weight excluding hydrogens is 282 g/mol. The minimum atomic E-state index is -0.498. The first-order chi connectivity index (χ1) is 10.7. The van der Waals surface area contributed by atoms with Gasteiger partial charge in [-0.05, 0) is 19.1 Å². The van der Waals surface area contributed by atoms with E-state index in [0.717, 1.165) is 22.2 Å². The lowest BCUT2D eigenvalue weighted by Gasteiger charge is -2.00. The first-order valence-corrected chi connectivity index (χ1v) is 6.62. The maximum atomic E-state index is 10.9. The number of aryl methyl sites for hydroxylation is 1. The molecule has 3 rings (SSSR count). The number of rotatable bonds is 4. The van der Waals surface area contributed by atoms with Crippen molar-refractivity contribution in [3.05, 3.63) is 64.0 Å². The molecule has 7 nitrogen and oxygen atoms in total. The van der Waals surface area contributed by atoms with Crippen molar-refractivity contribution >= 4 is 28.6 Å². The molecule has 0 unspecified atom stereocenters. The highest BCUT2D eigenvalue weighted by Gasteiger charge is 2.13. The number of nitrogens with one attached hydrogen (secondary N) is 2. The van der Waals surface area contributed by atoms with Crippen molar-refractivity contribution < 1.29 is 4.92 Å². The van der Waals surface area contributed by atoms with E-state index in [1.54, 1.807) is 6.21 Å². The summed E-state index contributed by atoms with van der Waals surface area (Å²) in [5, 5.41) is 16.0. The fraction of sp³-hybridized carbons (Fsp3) is 0.0667. The Kier molecular flexibility index (Phi) is 3.53. The Morgan fingerprint density at radius 2 is 2.14 bits per heavy atom. The van der Waals surface area contributed by atoms with Crippen molar-refractivity contribution in [1.29, 1.82) is 0 Å². The van der Waals surface area contributed by atoms with Crippen LogP contribution in [0.5, 0.6) is 0 Å². The fourth-order valence-electron chi connectivity index (χ4n) is 2.25. The van der Waals surface area contributed by atoms with Crippen molar-refractivity contribution in [2.75, 3.05) is 5.43 Å². The van der Waals surface area contributed by atoms with E-state index in [-0.39, 0.29) is 11.5 Å². The zero-order valence-electron chi connectivity index (χ0n) is 11.8. The predicted molar refractivity (Wildman–Crippen MR) is 85.1 cm³/mol. The molecule has 3 aromatic rings. The van der Waals surface area contributed by atoms with Gasteiger partial charge in [0.05, 0.1) is 11.1 Å². The molecular formula is C15H13N5O2. The number of hydrogen-bond acceptors (Lipinski definition) is 5. The predicted octanol–water partition coefficient (Wildman–Crippen LogP) is 3.23. The van der Waals surface area contributed by atoms with Crippen LogP contribution in [-0.4, -0.2) is 21.1 Å². The summed E-state index contributed by atoms with van der Waals surface area (Å²) in [6.07, 6.45) is 3.11. The third-order valence-corrected chi connectivity index (χ3v) is 3.29. The number of pyridine rings is 1. The zero-order chi connectivity index (χ0) is 15.5. The van der Waals surface area contributed by atoms with Crippen molar-refractivity contribution in [2.45, 2.75) is 6.92 Å². The van der Waals surface area contributed by atoms with Crippen LogP contribution in [0.1, 0.15) is 11.3 Å². The highest BCUT2D eigenvalue weighted by molar-refractivity contribution is 6.00. The maximum Gasteiger partial charge on any atom is 0.313 e. The standard InChI is InChI=1S/C15H13N5O2/c1-10-12(11-5-2-3-6-13(11)18-10)9-17-19-15-14(20(21)22)7-4-8-16-15/h2-9,18H,1H3,(H,16,19)/b17-9-. The SMILES string of the molecule is Cc1[nH]c2ccccc2c1/C=N\Nc1ncccc1[N+](=O)[O-]. The van der Waals surface area contributed by atoms with Crippen LogP contribution >= 0.6 is 0 Å². The number of nitrogens with zero attached hydrogens (tertiary/aromatic N) is 3. The Bertz CT molecular complexity index is 869. The molecule has 0 fully saturated rings. The number of H-pyrrole nitrogens is 1. The van der Waals surface area contributed by atoms with Gasteiger partial charge in [-0.25, -0.2) is 4.98 Å². The molecule has 7 heteroatoms. The highest BCUT2D eigenvalue weighted by atomic mass is 16.6. The molecule has 2 aromatic heterocycles. The van der Waals surface area contributed by atoms with Crippen LogP contribution in [0.25, 0.3) is 10.9 Å². The van der Waals surface area contributed by atoms with Crippen LogP contribution in [-0.2, 0) is 0 Å². The number of para-hydroxylation sites is 1. The average molecular weight is 295 g/mol. The second kappa shape index (κ2) is 5.65. The van der Waals surface area contributed by atoms with Gasteiger partial charge in [0.25, 0.3) is 0 Å². The van der Waals surface area contributed by atoms with Crippen molar-refractivity contribution in [3.63, 3.8) is 0 Å². The van der Waals surface area contributed by atoms with E-state index in [1.807, 2.05) is 31.2 Å². The van der Waals surface area contributed by atoms with Crippen LogP contribution in [0, 0.1) is 17.0 Å². The molecule has 0 aliphatic rings. The fourth-order valence-corrected chi connectivity index (χ4v) is 2.25. The van der Waals surface area contributed by atoms with E-state index < -0.39 is 4.92 Å². The number of hydrazone groups is 1. The van der Waals surface area contributed by atoms with E-state index in [1.165, 1.54) is 18.3 Å². The molecule has 1 aromatic carbocycles. The molecule has 0 saturated carbocycles. The third-order valence-electron chi connectivity index (χ3n) is 3.29. The van der Waals surface area contributed by atoms with E-state index in [4.69, 9.17) is 0 Å². The topological polar surface area (TPSA) is 96.2 Å². The van der Waals surface area contributed by atoms with Gasteiger partial charge in [-0.1, -0.05) is 18.2 Å². The first-order valence-electron chi connectivity index (χ1n) is 6.62. The summed E-state index contributed by atoms with van der Waals surface area (Å²) in [5.74, 6) is 0.112. The van der Waals surface area contributed by atoms with Crippen LogP contribution < -0.4 is 5.43 Å². The highest BCUT2D eigenvalue weighted by Crippen LogP contribution is 2.22. The molecule has 22 heavy (non-hydrogen) atoms. The largest absolute Gasteiger partial charge is 0.358 e. The lowest BCUT2D eigenvalue weighted by molar-refractivity contribution is -0.384. The Labute approximate surface area is 125 Å². The van der Waals surface area contributed by atoms with Gasteiger partial charge in [0.2, 0.25) is 5.82 Å². The molecule has 110 valence electrons. The molecule has 0 aliphatic carbocycles. The average Bonchev–Trinajstić information content (AvgIpc) is 2.83. The van der Waals surface area contributed by atoms with Crippen LogP contribution in [0.3, 0.4) is 0 Å². The molecule has 0 aliphatic heterocycles. The van der Waals surface area contributed by atoms with E-state index in [2.05, 4.69) is 20.5 Å². The number of hydrogen-bond donors (Lipinski definition) is 2. The van der Waals surface area contributed by atoms with Gasteiger partial charge in [-0.3, -0.25) is 15.5 Å². The number of nitro groups is 1. The molecule has 2 heterocycles. The van der Waals surface area contributed by atoms with E-state index in [9.17, 15) is 10.1 Å². The van der Waals surface area contributed by atoms with Crippen molar-refractivity contribution in [2.24, 2.45) is 5.10 Å². The van der Waals surface area contributed by atoms with Gasteiger partial charge in [0.15, 0.2) is 0 Å². The lowest BCUT2D eigenvalue weighted by atomic mass is 10.1. The molecule has 2 N–H and O–H groups in total. The number of aromatic nitrogens is 2. The Hall–Kier alpha value is -3.22. The normalized spacial score (nSPS) is 11.1. The number of anilines is 1. The minimum absolute atomic E-state index is 0.112. The third kappa shape index (κ3) is 2.51. The summed E-state index contributed by atoms with van der Waals surface area (Å²) in [7, 11) is 0. The van der Waals surface area contributed by atoms with Gasteiger partial charge in [-0.15, -0.1) is 0 Å². The van der Waals surface area contributed by atoms with Crippen LogP contribution in [0.15, 0.2) is 47.7 Å². The summed E-state index contributed by atoms with van der Waals surface area (Å²) >= 11 is 0. The summed E-state index contributed by atoms with van der Waals surface area (Å²) in [6, 6.07) is 10.8. The maximum absolute atomic E-state index is 10.9. The minimum Gasteiger partial charge on any atom is -0.358 e. The number of aromatic amines is 1.